The Morgan fingerprint density at radius 1 is 1.33 bits per heavy atom. The number of carbonyl (C=O) groups excluding carboxylic acids is 1. The van der Waals surface area contributed by atoms with Gasteiger partial charge >= 0.3 is 0 Å². The zero-order valence-electron chi connectivity index (χ0n) is 8.89. The molecule has 82 valence electrons. The van der Waals surface area contributed by atoms with Gasteiger partial charge in [0.1, 0.15) is 5.78 Å². The maximum absolute atomic E-state index is 12.7. The number of halogens is 2. The van der Waals surface area contributed by atoms with E-state index in [0.29, 0.717) is 12.0 Å². The van der Waals surface area contributed by atoms with Gasteiger partial charge in [-0.25, -0.2) is 8.78 Å². The lowest BCUT2D eigenvalue weighted by Gasteiger charge is -2.10. The van der Waals surface area contributed by atoms with Gasteiger partial charge < -0.3 is 0 Å². The molecule has 0 spiro atoms. The Labute approximate surface area is 88.1 Å². The molecule has 0 bridgehead atoms. The van der Waals surface area contributed by atoms with Gasteiger partial charge in [-0.1, -0.05) is 24.3 Å². The normalized spacial score (nSPS) is 11.5. The molecule has 0 radical (unpaired) electrons. The number of ketones is 1. The van der Waals surface area contributed by atoms with E-state index >= 15 is 0 Å². The molecule has 0 heterocycles. The number of alkyl halides is 2. The van der Waals surface area contributed by atoms with E-state index in [2.05, 4.69) is 0 Å². The number of Topliss-reactive ketones (excluding diaryl/α,β-unsaturated/α-hetero) is 1. The van der Waals surface area contributed by atoms with Crippen molar-refractivity contribution >= 4 is 5.78 Å². The maximum atomic E-state index is 12.7. The fourth-order valence-electron chi connectivity index (χ4n) is 1.50. The molecule has 15 heavy (non-hydrogen) atoms. The van der Waals surface area contributed by atoms with Crippen molar-refractivity contribution in [1.29, 1.82) is 0 Å². The minimum Gasteiger partial charge on any atom is -0.300 e. The summed E-state index contributed by atoms with van der Waals surface area (Å²) in [5.74, 6) is -2.66. The van der Waals surface area contributed by atoms with Crippen molar-refractivity contribution in [3.63, 3.8) is 0 Å². The van der Waals surface area contributed by atoms with Gasteiger partial charge in [-0.05, 0) is 25.0 Å². The van der Waals surface area contributed by atoms with Crippen LogP contribution >= 0.6 is 0 Å². The monoisotopic (exact) mass is 212 g/mol. The van der Waals surface area contributed by atoms with Gasteiger partial charge in [0.2, 0.25) is 5.92 Å². The van der Waals surface area contributed by atoms with Gasteiger partial charge in [-0.15, -0.1) is 0 Å². The Morgan fingerprint density at radius 2 is 1.93 bits per heavy atom. The minimum atomic E-state index is -2.70. The molecule has 1 aromatic rings. The van der Waals surface area contributed by atoms with Crippen LogP contribution < -0.4 is 0 Å². The summed E-state index contributed by atoms with van der Waals surface area (Å²) < 4.78 is 25.5. The van der Waals surface area contributed by atoms with Crippen LogP contribution in [0.15, 0.2) is 24.3 Å². The molecule has 0 fully saturated rings. The molecule has 0 saturated carbocycles. The van der Waals surface area contributed by atoms with Crippen molar-refractivity contribution in [3.05, 3.63) is 35.4 Å². The summed E-state index contributed by atoms with van der Waals surface area (Å²) in [7, 11) is 0. The lowest BCUT2D eigenvalue weighted by atomic mass is 10.0. The molecule has 1 aromatic carbocycles. The van der Waals surface area contributed by atoms with Crippen molar-refractivity contribution in [2.45, 2.75) is 32.6 Å². The first kappa shape index (κ1) is 11.8. The van der Waals surface area contributed by atoms with Crippen LogP contribution in [-0.4, -0.2) is 11.7 Å². The van der Waals surface area contributed by atoms with Crippen LogP contribution in [-0.2, 0) is 17.6 Å². The standard InChI is InChI=1S/C12H14F2O/c1-9(15)6-10-4-3-5-11(7-10)8-12(2,13)14/h3-5,7H,6,8H2,1-2H3. The van der Waals surface area contributed by atoms with Crippen LogP contribution in [0.3, 0.4) is 0 Å². The largest absolute Gasteiger partial charge is 0.300 e. The molecule has 0 aromatic heterocycles. The third kappa shape index (κ3) is 4.68. The van der Waals surface area contributed by atoms with Gasteiger partial charge in [-0.3, -0.25) is 4.79 Å². The molecule has 0 unspecified atom stereocenters. The molecule has 0 amide bonds. The van der Waals surface area contributed by atoms with Crippen molar-refractivity contribution < 1.29 is 13.6 Å². The average Bonchev–Trinajstić information content (AvgIpc) is 1.99. The van der Waals surface area contributed by atoms with Gasteiger partial charge in [0, 0.05) is 12.8 Å². The number of rotatable bonds is 4. The molecule has 0 saturated heterocycles. The highest BCUT2D eigenvalue weighted by atomic mass is 19.3. The predicted octanol–water partition coefficient (Wildman–Crippen LogP) is 3.02. The summed E-state index contributed by atoms with van der Waals surface area (Å²) in [6.45, 7) is 2.38. The maximum Gasteiger partial charge on any atom is 0.249 e. The molecule has 1 rings (SSSR count). The first-order valence-corrected chi connectivity index (χ1v) is 4.82. The van der Waals surface area contributed by atoms with Crippen LogP contribution in [0.1, 0.15) is 25.0 Å². The van der Waals surface area contributed by atoms with Gasteiger partial charge in [-0.2, -0.15) is 0 Å². The summed E-state index contributed by atoms with van der Waals surface area (Å²) >= 11 is 0. The zero-order chi connectivity index (χ0) is 11.5. The van der Waals surface area contributed by atoms with Gasteiger partial charge in [0.05, 0.1) is 0 Å². The van der Waals surface area contributed by atoms with Crippen LogP contribution in [0.5, 0.6) is 0 Å². The Bertz CT molecular complexity index is 353. The molecule has 0 aliphatic carbocycles. The highest BCUT2D eigenvalue weighted by molar-refractivity contribution is 5.78. The first-order valence-electron chi connectivity index (χ1n) is 4.82. The summed E-state index contributed by atoms with van der Waals surface area (Å²) in [5, 5.41) is 0. The van der Waals surface area contributed by atoms with Crippen molar-refractivity contribution in [2.24, 2.45) is 0 Å². The van der Waals surface area contributed by atoms with E-state index in [-0.39, 0.29) is 12.2 Å². The minimum absolute atomic E-state index is 0.0374. The molecule has 1 nitrogen and oxygen atoms in total. The van der Waals surface area contributed by atoms with Crippen molar-refractivity contribution in [3.8, 4) is 0 Å². The van der Waals surface area contributed by atoms with Crippen molar-refractivity contribution in [2.75, 3.05) is 0 Å². The molecule has 0 N–H and O–H groups in total. The fourth-order valence-corrected chi connectivity index (χ4v) is 1.50. The summed E-state index contributed by atoms with van der Waals surface area (Å²) in [5.41, 5.74) is 1.37. The molecular formula is C12H14F2O. The summed E-state index contributed by atoms with van der Waals surface area (Å²) in [6.07, 6.45) is 0.0296. The number of carbonyl (C=O) groups is 1. The van der Waals surface area contributed by atoms with Crippen molar-refractivity contribution in [1.82, 2.24) is 0 Å². The van der Waals surface area contributed by atoms with Crippen LogP contribution in [0, 0.1) is 0 Å². The van der Waals surface area contributed by atoms with E-state index in [1.807, 2.05) is 0 Å². The Morgan fingerprint density at radius 3 is 2.47 bits per heavy atom. The fraction of sp³-hybridized carbons (Fsp3) is 0.417. The number of hydrogen-bond donors (Lipinski definition) is 0. The van der Waals surface area contributed by atoms with E-state index in [1.54, 1.807) is 24.3 Å². The molecule has 0 atom stereocenters. The lowest BCUT2D eigenvalue weighted by Crippen LogP contribution is -2.13. The first-order chi connectivity index (χ1) is 6.87. The van der Waals surface area contributed by atoms with Gasteiger partial charge in [0.25, 0.3) is 0 Å². The average molecular weight is 212 g/mol. The molecule has 0 aliphatic heterocycles. The molecular weight excluding hydrogens is 198 g/mol. The van der Waals surface area contributed by atoms with E-state index in [9.17, 15) is 13.6 Å². The van der Waals surface area contributed by atoms with Crippen LogP contribution in [0.4, 0.5) is 8.78 Å². The molecule has 3 heteroatoms. The SMILES string of the molecule is CC(=O)Cc1cccc(CC(C)(F)F)c1. The zero-order valence-corrected chi connectivity index (χ0v) is 8.89. The second-order valence-corrected chi connectivity index (χ2v) is 3.95. The van der Waals surface area contributed by atoms with Crippen LogP contribution in [0.25, 0.3) is 0 Å². The topological polar surface area (TPSA) is 17.1 Å². The Hall–Kier alpha value is -1.25. The highest BCUT2D eigenvalue weighted by Crippen LogP contribution is 2.19. The predicted molar refractivity (Wildman–Crippen MR) is 55.2 cm³/mol. The summed E-state index contributed by atoms with van der Waals surface area (Å²) in [4.78, 5) is 10.9. The third-order valence-corrected chi connectivity index (χ3v) is 1.96. The number of hydrogen-bond acceptors (Lipinski definition) is 1. The third-order valence-electron chi connectivity index (χ3n) is 1.96. The van der Waals surface area contributed by atoms with Crippen LogP contribution in [0.2, 0.25) is 0 Å². The second kappa shape index (κ2) is 4.51. The Kier molecular flexibility index (Phi) is 3.56. The number of benzene rings is 1. The second-order valence-electron chi connectivity index (χ2n) is 3.95. The Balaban J connectivity index is 2.79. The smallest absolute Gasteiger partial charge is 0.249 e. The lowest BCUT2D eigenvalue weighted by molar-refractivity contribution is -0.116. The van der Waals surface area contributed by atoms with Gasteiger partial charge in [0.15, 0.2) is 0 Å². The molecule has 0 aliphatic rings. The highest BCUT2D eigenvalue weighted by Gasteiger charge is 2.21. The summed E-state index contributed by atoms with van der Waals surface area (Å²) in [6, 6.07) is 6.80. The van der Waals surface area contributed by atoms with E-state index in [4.69, 9.17) is 0 Å². The quantitative estimate of drug-likeness (QED) is 0.749. The van der Waals surface area contributed by atoms with E-state index < -0.39 is 5.92 Å². The van der Waals surface area contributed by atoms with E-state index in [1.165, 1.54) is 6.92 Å². The van der Waals surface area contributed by atoms with E-state index in [0.717, 1.165) is 12.5 Å².